The second kappa shape index (κ2) is 8.54. The van der Waals surface area contributed by atoms with Gasteiger partial charge in [0.25, 0.3) is 0 Å². The molecule has 19 heavy (non-hydrogen) atoms. The van der Waals surface area contributed by atoms with Gasteiger partial charge in [0, 0.05) is 12.6 Å². The lowest BCUT2D eigenvalue weighted by Crippen LogP contribution is -2.43. The molecule has 0 heterocycles. The SMILES string of the molecule is CC1CCCCC1N(CCCN(C)C)CCC(=O)O. The van der Waals surface area contributed by atoms with Crippen molar-refractivity contribution in [2.45, 2.75) is 51.5 Å². The first-order chi connectivity index (χ1) is 9.00. The molecule has 0 aromatic carbocycles. The number of rotatable bonds is 8. The summed E-state index contributed by atoms with van der Waals surface area (Å²) in [5, 5.41) is 8.91. The van der Waals surface area contributed by atoms with Crippen LogP contribution in [-0.2, 0) is 4.79 Å². The monoisotopic (exact) mass is 270 g/mol. The van der Waals surface area contributed by atoms with Gasteiger partial charge in [0.2, 0.25) is 0 Å². The average molecular weight is 270 g/mol. The van der Waals surface area contributed by atoms with Crippen LogP contribution in [0.4, 0.5) is 0 Å². The summed E-state index contributed by atoms with van der Waals surface area (Å²) >= 11 is 0. The summed E-state index contributed by atoms with van der Waals surface area (Å²) in [7, 11) is 4.18. The molecule has 2 unspecified atom stereocenters. The molecule has 0 radical (unpaired) electrons. The molecular weight excluding hydrogens is 240 g/mol. The van der Waals surface area contributed by atoms with Gasteiger partial charge in [0.1, 0.15) is 0 Å². The Morgan fingerprint density at radius 2 is 1.84 bits per heavy atom. The van der Waals surface area contributed by atoms with E-state index in [4.69, 9.17) is 5.11 Å². The van der Waals surface area contributed by atoms with E-state index in [0.717, 1.165) is 19.5 Å². The van der Waals surface area contributed by atoms with Crippen LogP contribution in [0, 0.1) is 5.92 Å². The molecule has 0 aromatic rings. The van der Waals surface area contributed by atoms with E-state index in [-0.39, 0.29) is 6.42 Å². The topological polar surface area (TPSA) is 43.8 Å². The summed E-state index contributed by atoms with van der Waals surface area (Å²) in [5.41, 5.74) is 0. The minimum Gasteiger partial charge on any atom is -0.481 e. The number of hydrogen-bond donors (Lipinski definition) is 1. The third-order valence-electron chi connectivity index (χ3n) is 4.20. The van der Waals surface area contributed by atoms with E-state index < -0.39 is 5.97 Å². The lowest BCUT2D eigenvalue weighted by atomic mass is 9.84. The second-order valence-electron chi connectivity index (χ2n) is 6.17. The number of aliphatic carboxylic acids is 1. The quantitative estimate of drug-likeness (QED) is 0.735. The van der Waals surface area contributed by atoms with Gasteiger partial charge in [-0.3, -0.25) is 9.69 Å². The highest BCUT2D eigenvalue weighted by molar-refractivity contribution is 5.66. The van der Waals surface area contributed by atoms with E-state index in [1.54, 1.807) is 0 Å². The van der Waals surface area contributed by atoms with Gasteiger partial charge in [0.05, 0.1) is 6.42 Å². The van der Waals surface area contributed by atoms with Gasteiger partial charge in [-0.15, -0.1) is 0 Å². The lowest BCUT2D eigenvalue weighted by molar-refractivity contribution is -0.137. The maximum atomic E-state index is 10.8. The van der Waals surface area contributed by atoms with Gasteiger partial charge in [-0.25, -0.2) is 0 Å². The summed E-state index contributed by atoms with van der Waals surface area (Å²) in [6.45, 7) is 5.13. The number of nitrogens with zero attached hydrogens (tertiary/aromatic N) is 2. The molecule has 1 aliphatic carbocycles. The van der Waals surface area contributed by atoms with E-state index in [9.17, 15) is 4.79 Å². The number of carboxylic acids is 1. The van der Waals surface area contributed by atoms with Crippen LogP contribution in [0.25, 0.3) is 0 Å². The fourth-order valence-electron chi connectivity index (χ4n) is 3.11. The van der Waals surface area contributed by atoms with E-state index >= 15 is 0 Å². The standard InChI is InChI=1S/C15H30N2O2/c1-13-7-4-5-8-14(13)17(12-9-15(18)19)11-6-10-16(2)3/h13-14H,4-12H2,1-3H3,(H,18,19). The van der Waals surface area contributed by atoms with Crippen molar-refractivity contribution < 1.29 is 9.90 Å². The van der Waals surface area contributed by atoms with Crippen LogP contribution in [0.15, 0.2) is 0 Å². The molecule has 112 valence electrons. The first kappa shape index (κ1) is 16.4. The number of carboxylic acid groups (broad SMARTS) is 1. The van der Waals surface area contributed by atoms with Gasteiger partial charge in [-0.1, -0.05) is 19.8 Å². The van der Waals surface area contributed by atoms with Crippen LogP contribution in [0.3, 0.4) is 0 Å². The van der Waals surface area contributed by atoms with E-state index in [0.29, 0.717) is 18.5 Å². The predicted octanol–water partition coefficient (Wildman–Crippen LogP) is 2.29. The molecule has 0 aromatic heterocycles. The fourth-order valence-corrected chi connectivity index (χ4v) is 3.11. The highest BCUT2D eigenvalue weighted by Crippen LogP contribution is 2.28. The molecule has 4 heteroatoms. The molecule has 4 nitrogen and oxygen atoms in total. The van der Waals surface area contributed by atoms with Crippen molar-refractivity contribution >= 4 is 5.97 Å². The summed E-state index contributed by atoms with van der Waals surface area (Å²) in [6.07, 6.45) is 6.56. The Bertz CT molecular complexity index is 269. The molecule has 0 aliphatic heterocycles. The second-order valence-corrected chi connectivity index (χ2v) is 6.17. The van der Waals surface area contributed by atoms with Crippen molar-refractivity contribution in [1.82, 2.24) is 9.80 Å². The molecular formula is C15H30N2O2. The Balaban J connectivity index is 2.48. The highest BCUT2D eigenvalue weighted by Gasteiger charge is 2.26. The average Bonchev–Trinajstić information content (AvgIpc) is 2.34. The zero-order valence-electron chi connectivity index (χ0n) is 12.8. The molecule has 1 rings (SSSR count). The maximum absolute atomic E-state index is 10.8. The molecule has 0 spiro atoms. The van der Waals surface area contributed by atoms with Crippen LogP contribution in [0.5, 0.6) is 0 Å². The van der Waals surface area contributed by atoms with Crippen LogP contribution in [0.2, 0.25) is 0 Å². The molecule has 0 bridgehead atoms. The van der Waals surface area contributed by atoms with E-state index in [1.165, 1.54) is 25.7 Å². The zero-order valence-corrected chi connectivity index (χ0v) is 12.8. The maximum Gasteiger partial charge on any atom is 0.304 e. The number of hydrogen-bond acceptors (Lipinski definition) is 3. The smallest absolute Gasteiger partial charge is 0.304 e. The molecule has 2 atom stereocenters. The van der Waals surface area contributed by atoms with Gasteiger partial charge >= 0.3 is 5.97 Å². The highest BCUT2D eigenvalue weighted by atomic mass is 16.4. The largest absolute Gasteiger partial charge is 0.481 e. The molecule has 1 N–H and O–H groups in total. The third-order valence-corrected chi connectivity index (χ3v) is 4.20. The minimum atomic E-state index is -0.680. The summed E-state index contributed by atoms with van der Waals surface area (Å²) in [5.74, 6) is 0.0305. The van der Waals surface area contributed by atoms with E-state index in [1.807, 2.05) is 0 Å². The first-order valence-corrected chi connectivity index (χ1v) is 7.61. The molecule has 0 saturated heterocycles. The molecule has 1 saturated carbocycles. The summed E-state index contributed by atoms with van der Waals surface area (Å²) < 4.78 is 0. The van der Waals surface area contributed by atoms with Crippen LogP contribution in [0.1, 0.15) is 45.4 Å². The fraction of sp³-hybridized carbons (Fsp3) is 0.933. The van der Waals surface area contributed by atoms with Crippen molar-refractivity contribution in [1.29, 1.82) is 0 Å². The van der Waals surface area contributed by atoms with Crippen molar-refractivity contribution in [3.8, 4) is 0 Å². The number of carbonyl (C=O) groups is 1. The van der Waals surface area contributed by atoms with Crippen molar-refractivity contribution in [2.75, 3.05) is 33.7 Å². The molecule has 1 aliphatic rings. The minimum absolute atomic E-state index is 0.269. The van der Waals surface area contributed by atoms with Crippen LogP contribution < -0.4 is 0 Å². The van der Waals surface area contributed by atoms with Crippen molar-refractivity contribution in [3.63, 3.8) is 0 Å². The van der Waals surface area contributed by atoms with Crippen molar-refractivity contribution in [2.24, 2.45) is 5.92 Å². The Labute approximate surface area is 117 Å². The Kier molecular flexibility index (Phi) is 7.39. The van der Waals surface area contributed by atoms with Gasteiger partial charge in [-0.05, 0) is 52.4 Å². The molecule has 0 amide bonds. The summed E-state index contributed by atoms with van der Waals surface area (Å²) in [4.78, 5) is 15.4. The van der Waals surface area contributed by atoms with Crippen molar-refractivity contribution in [3.05, 3.63) is 0 Å². The first-order valence-electron chi connectivity index (χ1n) is 7.61. The Morgan fingerprint density at radius 3 is 2.42 bits per heavy atom. The van der Waals surface area contributed by atoms with Crippen LogP contribution >= 0.6 is 0 Å². The van der Waals surface area contributed by atoms with E-state index in [2.05, 4.69) is 30.8 Å². The Hall–Kier alpha value is -0.610. The van der Waals surface area contributed by atoms with Gasteiger partial charge in [0.15, 0.2) is 0 Å². The normalized spacial score (nSPS) is 24.1. The predicted molar refractivity (Wildman–Crippen MR) is 78.4 cm³/mol. The van der Waals surface area contributed by atoms with Gasteiger partial charge < -0.3 is 10.0 Å². The van der Waals surface area contributed by atoms with Gasteiger partial charge in [-0.2, -0.15) is 0 Å². The zero-order chi connectivity index (χ0) is 14.3. The Morgan fingerprint density at radius 1 is 1.16 bits per heavy atom. The third kappa shape index (κ3) is 6.39. The summed E-state index contributed by atoms with van der Waals surface area (Å²) in [6, 6.07) is 0.593. The van der Waals surface area contributed by atoms with Crippen LogP contribution in [-0.4, -0.2) is 60.6 Å². The molecule has 1 fully saturated rings. The lowest BCUT2D eigenvalue weighted by Gasteiger charge is -2.38.